The van der Waals surface area contributed by atoms with Crippen LogP contribution in [0.1, 0.15) is 0 Å². The first-order valence-corrected chi connectivity index (χ1v) is 6.13. The van der Waals surface area contributed by atoms with Gasteiger partial charge in [-0.05, 0) is 12.1 Å². The van der Waals surface area contributed by atoms with Crippen LogP contribution in [0.25, 0.3) is 0 Å². The zero-order valence-corrected chi connectivity index (χ0v) is 11.2. The van der Waals surface area contributed by atoms with E-state index >= 15 is 0 Å². The summed E-state index contributed by atoms with van der Waals surface area (Å²) in [6.45, 7) is -0.0660. The highest BCUT2D eigenvalue weighted by Gasteiger charge is 2.06. The molecule has 0 bridgehead atoms. The highest BCUT2D eigenvalue weighted by Crippen LogP contribution is 2.22. The molecule has 0 spiro atoms. The van der Waals surface area contributed by atoms with Gasteiger partial charge in [0, 0.05) is 6.54 Å². The smallest absolute Gasteiger partial charge is 0.261 e. The van der Waals surface area contributed by atoms with Crippen molar-refractivity contribution in [3.63, 3.8) is 0 Å². The van der Waals surface area contributed by atoms with Gasteiger partial charge >= 0.3 is 0 Å². The Morgan fingerprint density at radius 3 is 2.80 bits per heavy atom. The fraction of sp³-hybridized carbons (Fsp3) is 0.462. The van der Waals surface area contributed by atoms with Gasteiger partial charge in [-0.1, -0.05) is 12.1 Å². The maximum Gasteiger partial charge on any atom is 0.261 e. The second-order valence-electron chi connectivity index (χ2n) is 3.89. The van der Waals surface area contributed by atoms with Crippen molar-refractivity contribution in [1.82, 2.24) is 5.32 Å². The molecule has 7 heteroatoms. The molecule has 0 atom stereocenters. The number of rotatable bonds is 9. The Bertz CT molecular complexity index is 416. The molecule has 20 heavy (non-hydrogen) atoms. The van der Waals surface area contributed by atoms with E-state index in [0.29, 0.717) is 18.0 Å². The minimum Gasteiger partial charge on any atom is -0.495 e. The molecule has 1 aromatic carbocycles. The molecular formula is C13H18F2N2O3. The summed E-state index contributed by atoms with van der Waals surface area (Å²) in [7, 11) is 1.52. The first kappa shape index (κ1) is 16.3. The third kappa shape index (κ3) is 6.44. The lowest BCUT2D eigenvalue weighted by molar-refractivity contribution is -0.115. The number of halogens is 2. The van der Waals surface area contributed by atoms with Crippen LogP contribution >= 0.6 is 0 Å². The fourth-order valence-corrected chi connectivity index (χ4v) is 1.46. The Morgan fingerprint density at radius 2 is 2.10 bits per heavy atom. The number of amides is 1. The van der Waals surface area contributed by atoms with Crippen molar-refractivity contribution < 1.29 is 23.0 Å². The van der Waals surface area contributed by atoms with Crippen molar-refractivity contribution >= 4 is 11.6 Å². The lowest BCUT2D eigenvalue weighted by Gasteiger charge is -2.10. The van der Waals surface area contributed by atoms with Crippen LogP contribution in [0.4, 0.5) is 14.5 Å². The number of carbonyl (C=O) groups excluding carboxylic acids is 1. The average molecular weight is 288 g/mol. The Hall–Kier alpha value is -1.73. The molecule has 112 valence electrons. The molecule has 0 saturated heterocycles. The number of hydrogen-bond acceptors (Lipinski definition) is 4. The highest BCUT2D eigenvalue weighted by molar-refractivity contribution is 5.93. The molecule has 1 amide bonds. The first-order chi connectivity index (χ1) is 9.63. The average Bonchev–Trinajstić information content (AvgIpc) is 2.43. The van der Waals surface area contributed by atoms with Gasteiger partial charge in [0.2, 0.25) is 5.91 Å². The molecule has 0 aromatic heterocycles. The number of carbonyl (C=O) groups is 1. The van der Waals surface area contributed by atoms with Gasteiger partial charge in [0.05, 0.1) is 25.9 Å². The molecule has 0 aliphatic carbocycles. The van der Waals surface area contributed by atoms with E-state index in [4.69, 9.17) is 4.74 Å². The molecule has 0 heterocycles. The Balaban J connectivity index is 2.20. The third-order valence-corrected chi connectivity index (χ3v) is 2.33. The summed E-state index contributed by atoms with van der Waals surface area (Å²) in [4.78, 5) is 11.6. The molecular weight excluding hydrogens is 270 g/mol. The molecule has 0 radical (unpaired) electrons. The topological polar surface area (TPSA) is 59.6 Å². The second kappa shape index (κ2) is 9.22. The Labute approximate surface area is 116 Å². The van der Waals surface area contributed by atoms with Crippen LogP contribution in [0.3, 0.4) is 0 Å². The van der Waals surface area contributed by atoms with Gasteiger partial charge in [-0.2, -0.15) is 0 Å². The highest BCUT2D eigenvalue weighted by atomic mass is 19.3. The zero-order valence-electron chi connectivity index (χ0n) is 11.2. The van der Waals surface area contributed by atoms with Crippen molar-refractivity contribution in [2.24, 2.45) is 0 Å². The van der Waals surface area contributed by atoms with E-state index in [9.17, 15) is 13.6 Å². The summed E-state index contributed by atoms with van der Waals surface area (Å²) in [6.07, 6.45) is -2.47. The van der Waals surface area contributed by atoms with Gasteiger partial charge in [-0.3, -0.25) is 4.79 Å². The number of methoxy groups -OCH3 is 1. The third-order valence-electron chi connectivity index (χ3n) is 2.33. The lowest BCUT2D eigenvalue weighted by atomic mass is 10.3. The van der Waals surface area contributed by atoms with Gasteiger partial charge in [-0.15, -0.1) is 0 Å². The molecule has 0 unspecified atom stereocenters. The number of alkyl halides is 2. The summed E-state index contributed by atoms with van der Waals surface area (Å²) in [5, 5.41) is 5.48. The second-order valence-corrected chi connectivity index (χ2v) is 3.89. The van der Waals surface area contributed by atoms with Crippen LogP contribution < -0.4 is 15.4 Å². The van der Waals surface area contributed by atoms with E-state index in [1.54, 1.807) is 24.3 Å². The predicted octanol–water partition coefficient (Wildman–Crippen LogP) is 1.50. The van der Waals surface area contributed by atoms with E-state index < -0.39 is 13.0 Å². The summed E-state index contributed by atoms with van der Waals surface area (Å²) in [5.74, 6) is 0.324. The number of nitrogens with one attached hydrogen (secondary N) is 2. The quantitative estimate of drug-likeness (QED) is 0.676. The molecule has 2 N–H and O–H groups in total. The summed E-state index contributed by atoms with van der Waals surface area (Å²) < 4.78 is 33.3. The van der Waals surface area contributed by atoms with Crippen molar-refractivity contribution in [3.05, 3.63) is 24.3 Å². The number of ether oxygens (including phenoxy) is 2. The van der Waals surface area contributed by atoms with Crippen molar-refractivity contribution in [2.45, 2.75) is 6.43 Å². The van der Waals surface area contributed by atoms with E-state index in [1.165, 1.54) is 7.11 Å². The fourth-order valence-electron chi connectivity index (χ4n) is 1.46. The first-order valence-electron chi connectivity index (χ1n) is 6.13. The van der Waals surface area contributed by atoms with Gasteiger partial charge in [0.25, 0.3) is 6.43 Å². The van der Waals surface area contributed by atoms with Crippen molar-refractivity contribution in [3.8, 4) is 5.75 Å². The van der Waals surface area contributed by atoms with Gasteiger partial charge in [-0.25, -0.2) is 8.78 Å². The summed E-state index contributed by atoms with van der Waals surface area (Å²) >= 11 is 0. The molecule has 5 nitrogen and oxygen atoms in total. The molecule has 0 aliphatic rings. The molecule has 0 saturated carbocycles. The van der Waals surface area contributed by atoms with E-state index in [1.807, 2.05) is 0 Å². The standard InChI is InChI=1S/C13H18F2N2O3/c1-19-11-5-3-2-4-10(11)17-13(18)8-16-6-7-20-9-12(14)15/h2-5,12,16H,6-9H2,1H3,(H,17,18). The predicted molar refractivity (Wildman–Crippen MR) is 71.3 cm³/mol. The van der Waals surface area contributed by atoms with Crippen molar-refractivity contribution in [2.75, 3.05) is 38.7 Å². The number of para-hydroxylation sites is 2. The van der Waals surface area contributed by atoms with Crippen molar-refractivity contribution in [1.29, 1.82) is 0 Å². The maximum atomic E-state index is 11.8. The normalized spacial score (nSPS) is 10.6. The largest absolute Gasteiger partial charge is 0.495 e. The minimum absolute atomic E-state index is 0.0656. The van der Waals surface area contributed by atoms with Gasteiger partial charge in [0.1, 0.15) is 12.4 Å². The summed E-state index contributed by atoms with van der Waals surface area (Å²) in [6, 6.07) is 7.04. The van der Waals surface area contributed by atoms with Crippen LogP contribution in [0.5, 0.6) is 5.75 Å². The molecule has 0 fully saturated rings. The van der Waals surface area contributed by atoms with E-state index in [2.05, 4.69) is 15.4 Å². The zero-order chi connectivity index (χ0) is 14.8. The van der Waals surface area contributed by atoms with E-state index in [-0.39, 0.29) is 19.1 Å². The van der Waals surface area contributed by atoms with Crippen LogP contribution in [-0.4, -0.2) is 45.7 Å². The lowest BCUT2D eigenvalue weighted by Crippen LogP contribution is -2.30. The van der Waals surface area contributed by atoms with Crippen LogP contribution in [0.15, 0.2) is 24.3 Å². The Kier molecular flexibility index (Phi) is 7.52. The van der Waals surface area contributed by atoms with E-state index in [0.717, 1.165) is 0 Å². The van der Waals surface area contributed by atoms with Crippen LogP contribution in [-0.2, 0) is 9.53 Å². The minimum atomic E-state index is -2.47. The molecule has 0 aliphatic heterocycles. The molecule has 1 rings (SSSR count). The number of hydrogen-bond donors (Lipinski definition) is 2. The summed E-state index contributed by atoms with van der Waals surface area (Å²) in [5.41, 5.74) is 0.579. The van der Waals surface area contributed by atoms with Gasteiger partial charge < -0.3 is 20.1 Å². The van der Waals surface area contributed by atoms with Gasteiger partial charge in [0.15, 0.2) is 0 Å². The SMILES string of the molecule is COc1ccccc1NC(=O)CNCCOCC(F)F. The Morgan fingerprint density at radius 1 is 1.35 bits per heavy atom. The molecule has 1 aromatic rings. The number of anilines is 1. The number of benzene rings is 1. The van der Waals surface area contributed by atoms with Crippen LogP contribution in [0.2, 0.25) is 0 Å². The maximum absolute atomic E-state index is 11.8. The monoisotopic (exact) mass is 288 g/mol. The van der Waals surface area contributed by atoms with Crippen LogP contribution in [0, 0.1) is 0 Å².